The van der Waals surface area contributed by atoms with Crippen molar-refractivity contribution in [2.24, 2.45) is 0 Å². The van der Waals surface area contributed by atoms with Crippen molar-refractivity contribution < 1.29 is 9.59 Å². The zero-order chi connectivity index (χ0) is 8.55. The van der Waals surface area contributed by atoms with Crippen molar-refractivity contribution in [2.45, 2.75) is 12.8 Å². The van der Waals surface area contributed by atoms with E-state index in [1.54, 1.807) is 0 Å². The molecule has 0 aromatic carbocycles. The van der Waals surface area contributed by atoms with Gasteiger partial charge in [-0.05, 0) is 12.8 Å². The maximum Gasteiger partial charge on any atom is 0.252 e. The third kappa shape index (κ3) is 0.978. The monoisotopic (exact) mass is 163 g/mol. The Kier molecular flexibility index (Phi) is 1.57. The second kappa shape index (κ2) is 2.59. The Labute approximate surface area is 70.1 Å². The highest BCUT2D eigenvalue weighted by molar-refractivity contribution is 6.17. The Morgan fingerprint density at radius 3 is 2.42 bits per heavy atom. The standard InChI is InChI=1S/C9H9NO2/c11-8-5-10-9(12)7-4-2-1-3-6(7)8/h3-4H,1-2,5H2,(H,10,12). The van der Waals surface area contributed by atoms with Gasteiger partial charge in [-0.2, -0.15) is 0 Å². The molecule has 0 unspecified atom stereocenters. The third-order valence-corrected chi connectivity index (χ3v) is 2.11. The molecule has 12 heavy (non-hydrogen) atoms. The first kappa shape index (κ1) is 7.28. The van der Waals surface area contributed by atoms with E-state index in [-0.39, 0.29) is 18.2 Å². The molecule has 1 saturated heterocycles. The highest BCUT2D eigenvalue weighted by atomic mass is 16.2. The van der Waals surface area contributed by atoms with Gasteiger partial charge < -0.3 is 5.32 Å². The van der Waals surface area contributed by atoms with Gasteiger partial charge in [-0.3, -0.25) is 9.59 Å². The van der Waals surface area contributed by atoms with Gasteiger partial charge in [0, 0.05) is 11.1 Å². The maximum atomic E-state index is 11.3. The number of fused-ring (bicyclic) bond motifs is 1. The smallest absolute Gasteiger partial charge is 0.252 e. The van der Waals surface area contributed by atoms with Crippen LogP contribution in [0.5, 0.6) is 0 Å². The van der Waals surface area contributed by atoms with Crippen molar-refractivity contribution in [2.75, 3.05) is 6.54 Å². The van der Waals surface area contributed by atoms with Gasteiger partial charge in [0.25, 0.3) is 5.91 Å². The first-order valence-corrected chi connectivity index (χ1v) is 4.01. The molecule has 0 atom stereocenters. The van der Waals surface area contributed by atoms with Crippen molar-refractivity contribution >= 4 is 11.7 Å². The molecule has 0 saturated carbocycles. The van der Waals surface area contributed by atoms with E-state index in [0.717, 1.165) is 12.8 Å². The van der Waals surface area contributed by atoms with Crippen LogP contribution in [0.1, 0.15) is 12.8 Å². The Bertz CT molecular complexity index is 280. The van der Waals surface area contributed by atoms with Crippen LogP contribution in [0.25, 0.3) is 0 Å². The van der Waals surface area contributed by atoms with Crippen LogP contribution < -0.4 is 5.32 Å². The molecular formula is C9H9NO2. The summed E-state index contributed by atoms with van der Waals surface area (Å²) in [4.78, 5) is 22.5. The van der Waals surface area contributed by atoms with Gasteiger partial charge in [0.1, 0.15) is 0 Å². The summed E-state index contributed by atoms with van der Waals surface area (Å²) in [6, 6.07) is 0. The minimum Gasteiger partial charge on any atom is -0.345 e. The Hall–Kier alpha value is -1.38. The molecular weight excluding hydrogens is 154 g/mol. The number of amides is 1. The van der Waals surface area contributed by atoms with E-state index in [9.17, 15) is 9.59 Å². The van der Waals surface area contributed by atoms with Crippen molar-refractivity contribution in [3.8, 4) is 0 Å². The Morgan fingerprint density at radius 1 is 1.08 bits per heavy atom. The molecule has 3 heteroatoms. The normalized spacial score (nSPS) is 22.3. The van der Waals surface area contributed by atoms with Crippen LogP contribution in [0.2, 0.25) is 0 Å². The first-order valence-electron chi connectivity index (χ1n) is 4.01. The van der Waals surface area contributed by atoms with Crippen LogP contribution in [-0.4, -0.2) is 18.2 Å². The van der Waals surface area contributed by atoms with Crippen molar-refractivity contribution in [3.63, 3.8) is 0 Å². The number of hydrogen-bond acceptors (Lipinski definition) is 2. The van der Waals surface area contributed by atoms with Gasteiger partial charge in [-0.25, -0.2) is 0 Å². The fraction of sp³-hybridized carbons (Fsp3) is 0.333. The molecule has 1 fully saturated rings. The molecule has 1 amide bonds. The van der Waals surface area contributed by atoms with E-state index in [0.29, 0.717) is 11.1 Å². The topological polar surface area (TPSA) is 46.2 Å². The van der Waals surface area contributed by atoms with Gasteiger partial charge in [-0.1, -0.05) is 12.2 Å². The van der Waals surface area contributed by atoms with Crippen LogP contribution in [0.3, 0.4) is 0 Å². The van der Waals surface area contributed by atoms with E-state index >= 15 is 0 Å². The summed E-state index contributed by atoms with van der Waals surface area (Å²) in [5.74, 6) is -0.0823. The lowest BCUT2D eigenvalue weighted by atomic mass is 9.91. The lowest BCUT2D eigenvalue weighted by Crippen LogP contribution is -2.39. The zero-order valence-electron chi connectivity index (χ0n) is 6.59. The average Bonchev–Trinajstić information content (AvgIpc) is 2.12. The summed E-state index contributed by atoms with van der Waals surface area (Å²) in [5.41, 5.74) is 1.18. The average molecular weight is 163 g/mol. The predicted molar refractivity (Wildman–Crippen MR) is 43.4 cm³/mol. The number of carbonyl (C=O) groups is 2. The number of piperidine rings is 1. The number of ketones is 1. The van der Waals surface area contributed by atoms with Gasteiger partial charge in [-0.15, -0.1) is 0 Å². The number of allylic oxidation sites excluding steroid dienone is 2. The lowest BCUT2D eigenvalue weighted by Gasteiger charge is -2.19. The number of hydrogen-bond donors (Lipinski definition) is 1. The van der Waals surface area contributed by atoms with Crippen LogP contribution in [0, 0.1) is 0 Å². The third-order valence-electron chi connectivity index (χ3n) is 2.11. The van der Waals surface area contributed by atoms with E-state index in [4.69, 9.17) is 0 Å². The fourth-order valence-corrected chi connectivity index (χ4v) is 1.51. The molecule has 0 aromatic heterocycles. The first-order chi connectivity index (χ1) is 5.79. The summed E-state index contributed by atoms with van der Waals surface area (Å²) in [6.45, 7) is 0.155. The summed E-state index contributed by atoms with van der Waals surface area (Å²) in [7, 11) is 0. The van der Waals surface area contributed by atoms with Gasteiger partial charge in [0.05, 0.1) is 6.54 Å². The van der Waals surface area contributed by atoms with Crippen LogP contribution >= 0.6 is 0 Å². The molecule has 2 rings (SSSR count). The highest BCUT2D eigenvalue weighted by Crippen LogP contribution is 2.21. The van der Waals surface area contributed by atoms with Gasteiger partial charge >= 0.3 is 0 Å². The molecule has 0 aromatic rings. The Morgan fingerprint density at radius 2 is 1.75 bits per heavy atom. The molecule has 1 aliphatic heterocycles. The summed E-state index contributed by atoms with van der Waals surface area (Å²) in [5, 5.41) is 2.53. The van der Waals surface area contributed by atoms with E-state index in [2.05, 4.69) is 5.32 Å². The van der Waals surface area contributed by atoms with E-state index in [1.807, 2.05) is 12.2 Å². The van der Waals surface area contributed by atoms with Gasteiger partial charge in [0.15, 0.2) is 5.78 Å². The molecule has 3 nitrogen and oxygen atoms in total. The van der Waals surface area contributed by atoms with Gasteiger partial charge in [0.2, 0.25) is 0 Å². The summed E-state index contributed by atoms with van der Waals surface area (Å²) < 4.78 is 0. The van der Waals surface area contributed by atoms with Crippen molar-refractivity contribution in [1.29, 1.82) is 0 Å². The van der Waals surface area contributed by atoms with Crippen LogP contribution in [-0.2, 0) is 9.59 Å². The minimum atomic E-state index is -0.111. The largest absolute Gasteiger partial charge is 0.345 e. The quantitative estimate of drug-likeness (QED) is 0.559. The number of carbonyl (C=O) groups excluding carboxylic acids is 2. The molecule has 1 aliphatic carbocycles. The van der Waals surface area contributed by atoms with Crippen molar-refractivity contribution in [1.82, 2.24) is 5.32 Å². The minimum absolute atomic E-state index is 0.0283. The molecule has 2 aliphatic rings. The zero-order valence-corrected chi connectivity index (χ0v) is 6.59. The predicted octanol–water partition coefficient (Wildman–Crippen LogP) is 0.332. The highest BCUT2D eigenvalue weighted by Gasteiger charge is 2.26. The second-order valence-electron chi connectivity index (χ2n) is 2.92. The fourth-order valence-electron chi connectivity index (χ4n) is 1.51. The maximum absolute atomic E-state index is 11.3. The Balaban J connectivity index is 2.41. The number of rotatable bonds is 0. The van der Waals surface area contributed by atoms with Crippen LogP contribution in [0.15, 0.2) is 23.3 Å². The molecule has 1 heterocycles. The molecule has 0 spiro atoms. The summed E-state index contributed by atoms with van der Waals surface area (Å²) in [6.07, 6.45) is 5.43. The molecule has 62 valence electrons. The number of Topliss-reactive ketones (excluding diaryl/α,β-unsaturated/α-hetero) is 1. The lowest BCUT2D eigenvalue weighted by molar-refractivity contribution is -0.123. The van der Waals surface area contributed by atoms with Crippen LogP contribution in [0.4, 0.5) is 0 Å². The van der Waals surface area contributed by atoms with E-state index < -0.39 is 0 Å². The van der Waals surface area contributed by atoms with E-state index in [1.165, 1.54) is 0 Å². The second-order valence-corrected chi connectivity index (χ2v) is 2.92. The summed E-state index contributed by atoms with van der Waals surface area (Å²) >= 11 is 0. The molecule has 0 radical (unpaired) electrons. The molecule has 1 N–H and O–H groups in total. The SMILES string of the molecule is O=C1CNC(=O)C2=CCCC=C12. The van der Waals surface area contributed by atoms with Crippen molar-refractivity contribution in [3.05, 3.63) is 23.3 Å². The number of nitrogens with one attached hydrogen (secondary N) is 1. The molecule has 0 bridgehead atoms.